The van der Waals surface area contributed by atoms with Crippen molar-refractivity contribution in [2.75, 3.05) is 5.32 Å². The Morgan fingerprint density at radius 3 is 2.44 bits per heavy atom. The van der Waals surface area contributed by atoms with E-state index in [1.807, 2.05) is 48.5 Å². The second-order valence-electron chi connectivity index (χ2n) is 8.16. The van der Waals surface area contributed by atoms with Gasteiger partial charge in [0.1, 0.15) is 5.01 Å². The van der Waals surface area contributed by atoms with Gasteiger partial charge in [-0.15, -0.1) is 10.2 Å². The topological polar surface area (TPSA) is 92.2 Å². The van der Waals surface area contributed by atoms with Gasteiger partial charge in [-0.1, -0.05) is 53.3 Å². The summed E-state index contributed by atoms with van der Waals surface area (Å²) in [5.41, 5.74) is 2.74. The molecule has 1 aliphatic carbocycles. The zero-order chi connectivity index (χ0) is 22.5. The van der Waals surface area contributed by atoms with Crippen molar-refractivity contribution >= 4 is 39.9 Å². The number of benzene rings is 2. The number of halogens is 1. The Morgan fingerprint density at radius 1 is 1.03 bits per heavy atom. The third-order valence-electron chi connectivity index (χ3n) is 5.94. The molecule has 1 aromatic heterocycles. The van der Waals surface area contributed by atoms with Crippen LogP contribution < -0.4 is 5.32 Å². The Bertz CT molecular complexity index is 1090. The van der Waals surface area contributed by atoms with Crippen molar-refractivity contribution in [3.05, 3.63) is 75.3 Å². The summed E-state index contributed by atoms with van der Waals surface area (Å²) in [4.78, 5) is 23.5. The van der Waals surface area contributed by atoms with Crippen LogP contribution in [0.5, 0.6) is 0 Å². The van der Waals surface area contributed by atoms with Crippen LogP contribution in [0.3, 0.4) is 0 Å². The summed E-state index contributed by atoms with van der Waals surface area (Å²) in [7, 11) is 0. The molecule has 2 aromatic carbocycles. The summed E-state index contributed by atoms with van der Waals surface area (Å²) < 4.78 is 0. The van der Waals surface area contributed by atoms with E-state index in [4.69, 9.17) is 16.7 Å². The van der Waals surface area contributed by atoms with Crippen LogP contribution in [0, 0.1) is 5.92 Å². The van der Waals surface area contributed by atoms with E-state index < -0.39 is 5.97 Å². The first-order chi connectivity index (χ1) is 15.5. The van der Waals surface area contributed by atoms with E-state index in [9.17, 15) is 9.59 Å². The minimum Gasteiger partial charge on any atom is -0.481 e. The molecule has 6 nitrogen and oxygen atoms in total. The molecule has 1 amide bonds. The van der Waals surface area contributed by atoms with Gasteiger partial charge >= 0.3 is 5.97 Å². The molecule has 1 aliphatic rings. The zero-order valence-electron chi connectivity index (χ0n) is 17.5. The molecule has 32 heavy (non-hydrogen) atoms. The van der Waals surface area contributed by atoms with Crippen LogP contribution in [-0.4, -0.2) is 27.2 Å². The first kappa shape index (κ1) is 22.4. The van der Waals surface area contributed by atoms with Gasteiger partial charge in [0.15, 0.2) is 0 Å². The summed E-state index contributed by atoms with van der Waals surface area (Å²) in [6.07, 6.45) is 4.68. The fourth-order valence-electron chi connectivity index (χ4n) is 4.20. The van der Waals surface area contributed by atoms with Crippen molar-refractivity contribution in [2.24, 2.45) is 5.92 Å². The summed E-state index contributed by atoms with van der Waals surface area (Å²) in [5.74, 6) is -0.228. The maximum atomic E-state index is 12.6. The van der Waals surface area contributed by atoms with Gasteiger partial charge in [0, 0.05) is 23.4 Å². The van der Waals surface area contributed by atoms with Gasteiger partial charge in [-0.3, -0.25) is 14.9 Å². The first-order valence-electron chi connectivity index (χ1n) is 10.7. The molecule has 1 fully saturated rings. The normalized spacial score (nSPS) is 18.3. The molecule has 1 saturated carbocycles. The number of nitrogens with zero attached hydrogens (tertiary/aromatic N) is 2. The number of nitrogens with one attached hydrogen (secondary N) is 1. The lowest BCUT2D eigenvalue weighted by molar-refractivity contribution is -0.138. The number of carboxylic acid groups (broad SMARTS) is 1. The van der Waals surface area contributed by atoms with E-state index in [1.165, 1.54) is 16.9 Å². The highest BCUT2D eigenvalue weighted by Gasteiger charge is 2.24. The zero-order valence-corrected chi connectivity index (χ0v) is 19.0. The molecule has 166 valence electrons. The fourth-order valence-corrected chi connectivity index (χ4v) is 5.16. The van der Waals surface area contributed by atoms with Crippen LogP contribution >= 0.6 is 22.9 Å². The number of anilines is 1. The number of hydrogen-bond acceptors (Lipinski definition) is 5. The highest BCUT2D eigenvalue weighted by Crippen LogP contribution is 2.37. The van der Waals surface area contributed by atoms with Gasteiger partial charge in [-0.2, -0.15) is 0 Å². The summed E-state index contributed by atoms with van der Waals surface area (Å²) in [6, 6.07) is 15.3. The number of carbonyl (C=O) groups is 2. The lowest BCUT2D eigenvalue weighted by atomic mass is 9.77. The maximum Gasteiger partial charge on any atom is 0.303 e. The Kier molecular flexibility index (Phi) is 7.17. The Hall–Kier alpha value is -2.77. The molecule has 0 spiro atoms. The summed E-state index contributed by atoms with van der Waals surface area (Å²) in [6.45, 7) is 0. The van der Waals surface area contributed by atoms with Gasteiger partial charge in [-0.25, -0.2) is 0 Å². The number of rotatable bonds is 7. The van der Waals surface area contributed by atoms with Crippen LogP contribution in [0.4, 0.5) is 5.13 Å². The van der Waals surface area contributed by atoms with Gasteiger partial charge in [-0.05, 0) is 66.8 Å². The monoisotopic (exact) mass is 469 g/mol. The lowest BCUT2D eigenvalue weighted by Crippen LogP contribution is -2.16. The Labute approximate surface area is 195 Å². The van der Waals surface area contributed by atoms with Crippen molar-refractivity contribution in [1.82, 2.24) is 10.2 Å². The average molecular weight is 470 g/mol. The minimum absolute atomic E-state index is 0.220. The lowest BCUT2D eigenvalue weighted by Gasteiger charge is -2.28. The van der Waals surface area contributed by atoms with E-state index in [-0.39, 0.29) is 18.2 Å². The quantitative estimate of drug-likeness (QED) is 0.457. The third kappa shape index (κ3) is 5.72. The van der Waals surface area contributed by atoms with Crippen molar-refractivity contribution in [3.63, 3.8) is 0 Å². The molecular weight excluding hydrogens is 446 g/mol. The van der Waals surface area contributed by atoms with Crippen LogP contribution in [-0.2, 0) is 11.2 Å². The predicted octanol–water partition coefficient (Wildman–Crippen LogP) is 5.78. The highest BCUT2D eigenvalue weighted by molar-refractivity contribution is 7.15. The van der Waals surface area contributed by atoms with E-state index >= 15 is 0 Å². The number of carboxylic acids is 1. The third-order valence-corrected chi connectivity index (χ3v) is 7.15. The molecule has 3 aromatic rings. The van der Waals surface area contributed by atoms with Crippen molar-refractivity contribution < 1.29 is 14.7 Å². The average Bonchev–Trinajstić information content (AvgIpc) is 3.22. The molecule has 8 heteroatoms. The number of amides is 1. The standard InChI is InChI=1S/C24H24ClN3O3S/c25-20-4-2-1-3-19(20)14-21-27-28-24(32-21)26-23(31)18-11-9-17(10-12-18)16-7-5-15(6-8-16)13-22(29)30/h1-4,9-12,15-16H,5-8,13-14H2,(H,29,30)(H,26,28,31). The van der Waals surface area contributed by atoms with Crippen LogP contribution in [0.1, 0.15) is 64.5 Å². The van der Waals surface area contributed by atoms with Gasteiger partial charge < -0.3 is 5.11 Å². The first-order valence-corrected chi connectivity index (χ1v) is 11.9. The van der Waals surface area contributed by atoms with E-state index in [2.05, 4.69) is 15.5 Å². The minimum atomic E-state index is -0.713. The molecule has 1 heterocycles. The molecule has 0 radical (unpaired) electrons. The van der Waals surface area contributed by atoms with Crippen molar-refractivity contribution in [2.45, 2.75) is 44.4 Å². The number of aliphatic carboxylic acids is 1. The Morgan fingerprint density at radius 2 is 1.75 bits per heavy atom. The summed E-state index contributed by atoms with van der Waals surface area (Å²) in [5, 5.41) is 21.9. The number of hydrogen-bond donors (Lipinski definition) is 2. The second-order valence-corrected chi connectivity index (χ2v) is 9.63. The second kappa shape index (κ2) is 10.2. The van der Waals surface area contributed by atoms with Crippen molar-refractivity contribution in [1.29, 1.82) is 0 Å². The van der Waals surface area contributed by atoms with Gasteiger partial charge in [0.2, 0.25) is 5.13 Å². The largest absolute Gasteiger partial charge is 0.481 e. The molecule has 0 unspecified atom stereocenters. The number of carbonyl (C=O) groups excluding carboxylic acids is 1. The number of aromatic nitrogens is 2. The van der Waals surface area contributed by atoms with Crippen molar-refractivity contribution in [3.8, 4) is 0 Å². The smallest absolute Gasteiger partial charge is 0.303 e. The Balaban J connectivity index is 1.32. The molecular formula is C24H24ClN3O3S. The highest BCUT2D eigenvalue weighted by atomic mass is 35.5. The summed E-state index contributed by atoms with van der Waals surface area (Å²) >= 11 is 7.54. The maximum absolute atomic E-state index is 12.6. The van der Waals surface area contributed by atoms with E-state index in [1.54, 1.807) is 0 Å². The molecule has 0 atom stereocenters. The van der Waals surface area contributed by atoms with Crippen LogP contribution in [0.15, 0.2) is 48.5 Å². The van der Waals surface area contributed by atoms with E-state index in [0.717, 1.165) is 36.3 Å². The molecule has 2 N–H and O–H groups in total. The van der Waals surface area contributed by atoms with Crippen LogP contribution in [0.25, 0.3) is 0 Å². The van der Waals surface area contributed by atoms with Crippen LogP contribution in [0.2, 0.25) is 5.02 Å². The molecule has 0 saturated heterocycles. The predicted molar refractivity (Wildman–Crippen MR) is 126 cm³/mol. The van der Waals surface area contributed by atoms with E-state index in [0.29, 0.717) is 28.1 Å². The molecule has 4 rings (SSSR count). The molecule has 0 aliphatic heterocycles. The van der Waals surface area contributed by atoms with Gasteiger partial charge in [0.25, 0.3) is 5.91 Å². The van der Waals surface area contributed by atoms with Gasteiger partial charge in [0.05, 0.1) is 0 Å². The SMILES string of the molecule is O=C(O)CC1CCC(c2ccc(C(=O)Nc3nnc(Cc4ccccc4Cl)s3)cc2)CC1. The fraction of sp³-hybridized carbons (Fsp3) is 0.333. The molecule has 0 bridgehead atoms.